The van der Waals surface area contributed by atoms with Crippen molar-refractivity contribution in [2.45, 2.75) is 6.42 Å². The van der Waals surface area contributed by atoms with Crippen LogP contribution in [0.2, 0.25) is 0 Å². The summed E-state index contributed by atoms with van der Waals surface area (Å²) in [6, 6.07) is 7.72. The van der Waals surface area contributed by atoms with Crippen LogP contribution in [0.25, 0.3) is 11.3 Å². The molecule has 1 aromatic carbocycles. The Kier molecular flexibility index (Phi) is 4.17. The normalized spacial score (nSPS) is 17.7. The predicted octanol–water partition coefficient (Wildman–Crippen LogP) is 2.37. The molecule has 0 spiro atoms. The van der Waals surface area contributed by atoms with Crippen molar-refractivity contribution in [1.82, 2.24) is 10.3 Å². The molecule has 5 nitrogen and oxygen atoms in total. The van der Waals surface area contributed by atoms with Gasteiger partial charge in [0.15, 0.2) is 5.13 Å². The summed E-state index contributed by atoms with van der Waals surface area (Å²) in [6.45, 7) is 1.65. The quantitative estimate of drug-likeness (QED) is 0.910. The van der Waals surface area contributed by atoms with Crippen LogP contribution in [0.3, 0.4) is 0 Å². The Hall–Kier alpha value is -1.92. The second-order valence-corrected chi connectivity index (χ2v) is 5.78. The number of amides is 1. The molecule has 1 aliphatic heterocycles. The minimum Gasteiger partial charge on any atom is -0.496 e. The van der Waals surface area contributed by atoms with Gasteiger partial charge in [0.1, 0.15) is 5.75 Å². The fourth-order valence-corrected chi connectivity index (χ4v) is 3.11. The zero-order chi connectivity index (χ0) is 14.7. The van der Waals surface area contributed by atoms with Crippen molar-refractivity contribution in [3.63, 3.8) is 0 Å². The van der Waals surface area contributed by atoms with Crippen molar-refractivity contribution < 1.29 is 9.53 Å². The van der Waals surface area contributed by atoms with E-state index in [1.54, 1.807) is 7.11 Å². The molecule has 1 fully saturated rings. The summed E-state index contributed by atoms with van der Waals surface area (Å²) in [5.41, 5.74) is 1.75. The first-order valence-corrected chi connectivity index (χ1v) is 7.76. The molecule has 1 saturated heterocycles. The minimum atomic E-state index is 0.0425. The summed E-state index contributed by atoms with van der Waals surface area (Å²) in [5, 5.41) is 8.65. The maximum atomic E-state index is 12.1. The average Bonchev–Trinajstić information content (AvgIpc) is 3.18. The Morgan fingerprint density at radius 3 is 3.10 bits per heavy atom. The Bertz CT molecular complexity index is 635. The van der Waals surface area contributed by atoms with Crippen LogP contribution >= 0.6 is 11.3 Å². The molecule has 1 unspecified atom stereocenters. The van der Waals surface area contributed by atoms with Crippen LogP contribution in [0.1, 0.15) is 6.42 Å². The van der Waals surface area contributed by atoms with Crippen molar-refractivity contribution in [2.75, 3.05) is 25.5 Å². The van der Waals surface area contributed by atoms with Gasteiger partial charge in [0.05, 0.1) is 18.7 Å². The van der Waals surface area contributed by atoms with E-state index in [-0.39, 0.29) is 11.8 Å². The molecule has 0 saturated carbocycles. The van der Waals surface area contributed by atoms with E-state index in [4.69, 9.17) is 4.74 Å². The zero-order valence-electron chi connectivity index (χ0n) is 11.8. The lowest BCUT2D eigenvalue weighted by Crippen LogP contribution is -2.24. The molecule has 6 heteroatoms. The van der Waals surface area contributed by atoms with E-state index in [9.17, 15) is 4.79 Å². The molecule has 110 valence electrons. The third kappa shape index (κ3) is 3.06. The predicted molar refractivity (Wildman–Crippen MR) is 83.7 cm³/mol. The highest BCUT2D eigenvalue weighted by molar-refractivity contribution is 7.14. The van der Waals surface area contributed by atoms with Gasteiger partial charge in [0.25, 0.3) is 0 Å². The van der Waals surface area contributed by atoms with Crippen molar-refractivity contribution in [1.29, 1.82) is 0 Å². The number of carbonyl (C=O) groups excluding carboxylic acids is 1. The van der Waals surface area contributed by atoms with Gasteiger partial charge in [-0.1, -0.05) is 12.1 Å². The first-order chi connectivity index (χ1) is 10.3. The van der Waals surface area contributed by atoms with E-state index >= 15 is 0 Å². The fourth-order valence-electron chi connectivity index (χ4n) is 2.40. The summed E-state index contributed by atoms with van der Waals surface area (Å²) in [7, 11) is 1.64. The molecule has 2 N–H and O–H groups in total. The van der Waals surface area contributed by atoms with Crippen LogP contribution in [-0.2, 0) is 4.79 Å². The van der Waals surface area contributed by atoms with Gasteiger partial charge in [0.2, 0.25) is 5.91 Å². The number of benzene rings is 1. The molecule has 2 heterocycles. The highest BCUT2D eigenvalue weighted by Crippen LogP contribution is 2.32. The van der Waals surface area contributed by atoms with Crippen molar-refractivity contribution in [3.8, 4) is 17.0 Å². The van der Waals surface area contributed by atoms with Gasteiger partial charge in [-0.05, 0) is 25.1 Å². The van der Waals surface area contributed by atoms with Crippen LogP contribution in [0.4, 0.5) is 5.13 Å². The molecule has 1 aromatic heterocycles. The van der Waals surface area contributed by atoms with Crippen molar-refractivity contribution >= 4 is 22.4 Å². The molecule has 0 radical (unpaired) electrons. The molecule has 0 bridgehead atoms. The van der Waals surface area contributed by atoms with Crippen LogP contribution in [-0.4, -0.2) is 31.1 Å². The number of carbonyl (C=O) groups is 1. The summed E-state index contributed by atoms with van der Waals surface area (Å²) >= 11 is 1.43. The van der Waals surface area contributed by atoms with Gasteiger partial charge in [-0.25, -0.2) is 4.98 Å². The Morgan fingerprint density at radius 2 is 2.33 bits per heavy atom. The zero-order valence-corrected chi connectivity index (χ0v) is 12.6. The van der Waals surface area contributed by atoms with E-state index < -0.39 is 0 Å². The largest absolute Gasteiger partial charge is 0.496 e. The van der Waals surface area contributed by atoms with E-state index in [0.29, 0.717) is 5.13 Å². The molecule has 1 amide bonds. The molecular weight excluding hydrogens is 286 g/mol. The number of nitrogens with one attached hydrogen (secondary N) is 2. The lowest BCUT2D eigenvalue weighted by molar-refractivity contribution is -0.119. The number of aromatic nitrogens is 1. The van der Waals surface area contributed by atoms with Crippen LogP contribution in [0.15, 0.2) is 29.6 Å². The minimum absolute atomic E-state index is 0.0425. The average molecular weight is 303 g/mol. The molecule has 1 atom stereocenters. The van der Waals surface area contributed by atoms with Crippen LogP contribution in [0, 0.1) is 5.92 Å². The monoisotopic (exact) mass is 303 g/mol. The second kappa shape index (κ2) is 6.24. The Labute approximate surface area is 127 Å². The second-order valence-electron chi connectivity index (χ2n) is 4.92. The van der Waals surface area contributed by atoms with Gasteiger partial charge >= 0.3 is 0 Å². The molecule has 3 rings (SSSR count). The molecule has 21 heavy (non-hydrogen) atoms. The number of anilines is 1. The topological polar surface area (TPSA) is 63.2 Å². The summed E-state index contributed by atoms with van der Waals surface area (Å²) < 4.78 is 5.34. The lowest BCUT2D eigenvalue weighted by Gasteiger charge is -2.07. The highest BCUT2D eigenvalue weighted by atomic mass is 32.1. The van der Waals surface area contributed by atoms with E-state index in [0.717, 1.165) is 36.5 Å². The maximum absolute atomic E-state index is 12.1. The summed E-state index contributed by atoms with van der Waals surface area (Å²) in [5.74, 6) is 0.866. The number of para-hydroxylation sites is 1. The molecule has 0 aliphatic carbocycles. The first kappa shape index (κ1) is 14.0. The smallest absolute Gasteiger partial charge is 0.230 e. The number of nitrogens with zero attached hydrogens (tertiary/aromatic N) is 1. The van der Waals surface area contributed by atoms with Crippen molar-refractivity contribution in [3.05, 3.63) is 29.6 Å². The standard InChI is InChI=1S/C15H17N3O2S/c1-20-13-5-3-2-4-11(13)12-9-21-15(17-12)18-14(19)10-6-7-16-8-10/h2-5,9-10,16H,6-8H2,1H3,(H,17,18,19). The Morgan fingerprint density at radius 1 is 1.48 bits per heavy atom. The van der Waals surface area contributed by atoms with E-state index in [2.05, 4.69) is 15.6 Å². The SMILES string of the molecule is COc1ccccc1-c1csc(NC(=O)C2CCNC2)n1. The number of methoxy groups -OCH3 is 1. The molecule has 2 aromatic rings. The number of ether oxygens (including phenoxy) is 1. The maximum Gasteiger partial charge on any atom is 0.230 e. The number of thiazole rings is 1. The van der Waals surface area contributed by atoms with Crippen LogP contribution in [0.5, 0.6) is 5.75 Å². The van der Waals surface area contributed by atoms with E-state index in [1.807, 2.05) is 29.6 Å². The number of hydrogen-bond donors (Lipinski definition) is 2. The highest BCUT2D eigenvalue weighted by Gasteiger charge is 2.23. The summed E-state index contributed by atoms with van der Waals surface area (Å²) in [4.78, 5) is 16.6. The van der Waals surface area contributed by atoms with E-state index in [1.165, 1.54) is 11.3 Å². The van der Waals surface area contributed by atoms with Gasteiger partial charge in [-0.2, -0.15) is 0 Å². The number of rotatable bonds is 4. The van der Waals surface area contributed by atoms with Gasteiger partial charge in [-0.15, -0.1) is 11.3 Å². The fraction of sp³-hybridized carbons (Fsp3) is 0.333. The summed E-state index contributed by atoms with van der Waals surface area (Å²) in [6.07, 6.45) is 0.885. The first-order valence-electron chi connectivity index (χ1n) is 6.88. The van der Waals surface area contributed by atoms with Gasteiger partial charge < -0.3 is 15.4 Å². The molecular formula is C15H17N3O2S. The van der Waals surface area contributed by atoms with Gasteiger partial charge in [-0.3, -0.25) is 4.79 Å². The molecule has 1 aliphatic rings. The van der Waals surface area contributed by atoms with Crippen LogP contribution < -0.4 is 15.4 Å². The lowest BCUT2D eigenvalue weighted by atomic mass is 10.1. The third-order valence-corrected chi connectivity index (χ3v) is 4.31. The van der Waals surface area contributed by atoms with Crippen molar-refractivity contribution in [2.24, 2.45) is 5.92 Å². The Balaban J connectivity index is 1.75. The number of hydrogen-bond acceptors (Lipinski definition) is 5. The van der Waals surface area contributed by atoms with Gasteiger partial charge in [0, 0.05) is 17.5 Å². The third-order valence-electron chi connectivity index (χ3n) is 3.55.